The van der Waals surface area contributed by atoms with Gasteiger partial charge in [0, 0.05) is 0 Å². The van der Waals surface area contributed by atoms with Gasteiger partial charge >= 0.3 is 6.18 Å². The van der Waals surface area contributed by atoms with Crippen LogP contribution in [-0.2, 0) is 4.79 Å². The number of alkyl halides is 3. The molecule has 0 aromatic heterocycles. The second kappa shape index (κ2) is 6.34. The van der Waals surface area contributed by atoms with Gasteiger partial charge in [0.2, 0.25) is 0 Å². The molecule has 0 bridgehead atoms. The Morgan fingerprint density at radius 1 is 1.38 bits per heavy atom. The number of carbonyl (C=O) groups excluding carboxylic acids is 1. The molecule has 0 radical (unpaired) electrons. The Morgan fingerprint density at radius 2 is 2.00 bits per heavy atom. The van der Waals surface area contributed by atoms with Gasteiger partial charge in [-0.2, -0.15) is 13.2 Å². The molecular weight excluding hydrogens is 285 g/mol. The number of nitrogens with one attached hydrogen (secondary N) is 1. The first-order valence-electron chi connectivity index (χ1n) is 6.50. The first kappa shape index (κ1) is 17.3. The number of nitrogens with two attached hydrogens (primary N) is 1. The third-order valence-electron chi connectivity index (χ3n) is 2.91. The minimum atomic E-state index is -4.84. The Morgan fingerprint density at radius 3 is 2.52 bits per heavy atom. The maximum atomic E-state index is 12.7. The largest absolute Gasteiger partial charge is 0.491 e. The van der Waals surface area contributed by atoms with E-state index in [1.165, 1.54) is 6.07 Å². The highest BCUT2D eigenvalue weighted by Crippen LogP contribution is 2.31. The highest BCUT2D eigenvalue weighted by Gasteiger charge is 2.54. The van der Waals surface area contributed by atoms with Crippen LogP contribution in [0.4, 0.5) is 18.9 Å². The van der Waals surface area contributed by atoms with Crippen molar-refractivity contribution in [3.63, 3.8) is 0 Å². The molecule has 118 valence electrons. The van der Waals surface area contributed by atoms with Gasteiger partial charge in [0.1, 0.15) is 5.75 Å². The molecule has 1 rings (SSSR count). The summed E-state index contributed by atoms with van der Waals surface area (Å²) in [6, 6.07) is 4.80. The van der Waals surface area contributed by atoms with Gasteiger partial charge in [-0.1, -0.05) is 13.0 Å². The normalized spacial score (nSPS) is 14.4. The van der Waals surface area contributed by atoms with Gasteiger partial charge in [0.25, 0.3) is 5.91 Å². The zero-order chi connectivity index (χ0) is 16.3. The topological polar surface area (TPSA) is 64.3 Å². The number of benzene rings is 1. The van der Waals surface area contributed by atoms with E-state index in [2.05, 4.69) is 5.32 Å². The average Bonchev–Trinajstić information content (AvgIpc) is 2.37. The summed E-state index contributed by atoms with van der Waals surface area (Å²) in [7, 11) is 0. The maximum absolute atomic E-state index is 12.7. The molecule has 0 aliphatic rings. The predicted molar refractivity (Wildman–Crippen MR) is 74.2 cm³/mol. The summed E-state index contributed by atoms with van der Waals surface area (Å²) in [6.07, 6.45) is -4.11. The number of hydrogen-bond acceptors (Lipinski definition) is 3. The molecule has 1 unspecified atom stereocenters. The van der Waals surface area contributed by atoms with Crippen molar-refractivity contribution >= 4 is 11.6 Å². The zero-order valence-electron chi connectivity index (χ0n) is 12.2. The Balaban J connectivity index is 3.00. The van der Waals surface area contributed by atoms with E-state index in [1.807, 2.05) is 13.8 Å². The molecule has 1 amide bonds. The molecule has 0 aliphatic heterocycles. The third-order valence-corrected chi connectivity index (χ3v) is 2.91. The molecular formula is C14H19F3N2O2. The first-order chi connectivity index (χ1) is 9.59. The standard InChI is InChI=1S/C14H19F3N2O2/c1-4-7-21-11-8-9(2)5-6-10(11)19-12(20)13(3,18)14(15,16)17/h5-6,8H,4,7,18H2,1-3H3,(H,19,20). The van der Waals surface area contributed by atoms with Crippen LogP contribution < -0.4 is 15.8 Å². The van der Waals surface area contributed by atoms with E-state index in [-0.39, 0.29) is 5.69 Å². The summed E-state index contributed by atoms with van der Waals surface area (Å²) < 4.78 is 43.6. The molecule has 1 atom stereocenters. The number of anilines is 1. The van der Waals surface area contributed by atoms with Crippen LogP contribution in [-0.4, -0.2) is 24.2 Å². The van der Waals surface area contributed by atoms with Gasteiger partial charge in [0.15, 0.2) is 5.54 Å². The molecule has 0 fully saturated rings. The minimum Gasteiger partial charge on any atom is -0.491 e. The number of ether oxygens (including phenoxy) is 1. The number of aryl methyl sites for hydroxylation is 1. The highest BCUT2D eigenvalue weighted by molar-refractivity contribution is 5.99. The quantitative estimate of drug-likeness (QED) is 0.879. The Kier molecular flexibility index (Phi) is 5.22. The van der Waals surface area contributed by atoms with Crippen molar-refractivity contribution < 1.29 is 22.7 Å². The fraction of sp³-hybridized carbons (Fsp3) is 0.500. The molecule has 0 aliphatic carbocycles. The third kappa shape index (κ3) is 4.10. The van der Waals surface area contributed by atoms with E-state index in [0.717, 1.165) is 12.0 Å². The minimum absolute atomic E-state index is 0.167. The molecule has 0 spiro atoms. The van der Waals surface area contributed by atoms with Crippen LogP contribution in [0.2, 0.25) is 0 Å². The van der Waals surface area contributed by atoms with E-state index in [9.17, 15) is 18.0 Å². The fourth-order valence-corrected chi connectivity index (χ4v) is 1.45. The summed E-state index contributed by atoms with van der Waals surface area (Å²) in [5, 5.41) is 2.18. The molecule has 1 aromatic carbocycles. The highest BCUT2D eigenvalue weighted by atomic mass is 19.4. The van der Waals surface area contributed by atoms with E-state index in [1.54, 1.807) is 12.1 Å². The summed E-state index contributed by atoms with van der Waals surface area (Å²) in [5.41, 5.74) is 3.15. The van der Waals surface area contributed by atoms with Crippen LogP contribution in [0.5, 0.6) is 5.75 Å². The monoisotopic (exact) mass is 304 g/mol. The van der Waals surface area contributed by atoms with Crippen molar-refractivity contribution in [2.24, 2.45) is 5.73 Å². The number of carbonyl (C=O) groups is 1. The number of halogens is 3. The lowest BCUT2D eigenvalue weighted by molar-refractivity contribution is -0.184. The van der Waals surface area contributed by atoms with Crippen molar-refractivity contribution in [1.29, 1.82) is 0 Å². The van der Waals surface area contributed by atoms with E-state index in [0.29, 0.717) is 19.3 Å². The fourth-order valence-electron chi connectivity index (χ4n) is 1.45. The van der Waals surface area contributed by atoms with Gasteiger partial charge in [-0.15, -0.1) is 0 Å². The molecule has 21 heavy (non-hydrogen) atoms. The van der Waals surface area contributed by atoms with E-state index < -0.39 is 17.6 Å². The van der Waals surface area contributed by atoms with Gasteiger partial charge < -0.3 is 15.8 Å². The van der Waals surface area contributed by atoms with Crippen molar-refractivity contribution in [1.82, 2.24) is 0 Å². The lowest BCUT2D eigenvalue weighted by Gasteiger charge is -2.26. The van der Waals surface area contributed by atoms with Crippen molar-refractivity contribution in [3.05, 3.63) is 23.8 Å². The van der Waals surface area contributed by atoms with Gasteiger partial charge in [-0.25, -0.2) is 0 Å². The Bertz CT molecular complexity index is 513. The van der Waals surface area contributed by atoms with Crippen LogP contribution in [0.3, 0.4) is 0 Å². The van der Waals surface area contributed by atoms with Gasteiger partial charge in [-0.05, 0) is 38.0 Å². The molecule has 0 saturated heterocycles. The molecule has 4 nitrogen and oxygen atoms in total. The first-order valence-corrected chi connectivity index (χ1v) is 6.50. The second-order valence-corrected chi connectivity index (χ2v) is 5.00. The summed E-state index contributed by atoms with van der Waals surface area (Å²) in [5.74, 6) is -1.01. The second-order valence-electron chi connectivity index (χ2n) is 5.00. The maximum Gasteiger partial charge on any atom is 0.415 e. The predicted octanol–water partition coefficient (Wildman–Crippen LogP) is 3.00. The average molecular weight is 304 g/mol. The van der Waals surface area contributed by atoms with Crippen LogP contribution >= 0.6 is 0 Å². The SMILES string of the molecule is CCCOc1cc(C)ccc1NC(=O)C(C)(N)C(F)(F)F. The van der Waals surface area contributed by atoms with Crippen LogP contribution in [0.25, 0.3) is 0 Å². The molecule has 1 aromatic rings. The van der Waals surface area contributed by atoms with Crippen LogP contribution in [0.15, 0.2) is 18.2 Å². The van der Waals surface area contributed by atoms with E-state index in [4.69, 9.17) is 10.5 Å². The van der Waals surface area contributed by atoms with Gasteiger partial charge in [-0.3, -0.25) is 4.79 Å². The molecule has 3 N–H and O–H groups in total. The van der Waals surface area contributed by atoms with Crippen LogP contribution in [0, 0.1) is 6.92 Å². The molecule has 0 saturated carbocycles. The number of rotatable bonds is 5. The van der Waals surface area contributed by atoms with Crippen molar-refractivity contribution in [2.45, 2.75) is 38.9 Å². The number of hydrogen-bond donors (Lipinski definition) is 2. The zero-order valence-corrected chi connectivity index (χ0v) is 12.2. The van der Waals surface area contributed by atoms with E-state index >= 15 is 0 Å². The summed E-state index contributed by atoms with van der Waals surface area (Å²) >= 11 is 0. The Hall–Kier alpha value is -1.76. The van der Waals surface area contributed by atoms with Crippen LogP contribution in [0.1, 0.15) is 25.8 Å². The Labute approximate surface area is 121 Å². The lowest BCUT2D eigenvalue weighted by Crippen LogP contribution is -2.59. The molecule has 0 heterocycles. The summed E-state index contributed by atoms with van der Waals surface area (Å²) in [6.45, 7) is 4.73. The van der Waals surface area contributed by atoms with Crippen molar-refractivity contribution in [3.8, 4) is 5.75 Å². The smallest absolute Gasteiger partial charge is 0.415 e. The summed E-state index contributed by atoms with van der Waals surface area (Å²) in [4.78, 5) is 11.8. The molecule has 7 heteroatoms. The van der Waals surface area contributed by atoms with Crippen molar-refractivity contribution in [2.75, 3.05) is 11.9 Å². The lowest BCUT2D eigenvalue weighted by atomic mass is 10.0. The number of amides is 1. The van der Waals surface area contributed by atoms with Gasteiger partial charge in [0.05, 0.1) is 12.3 Å².